The Morgan fingerprint density at radius 3 is 2.44 bits per heavy atom. The number of aliphatic hydroxyl groups excluding tert-OH is 1. The van der Waals surface area contributed by atoms with E-state index in [1.165, 1.54) is 22.5 Å². The number of ether oxygens (including phenoxy) is 2. The maximum atomic E-state index is 13.8. The minimum Gasteiger partial charge on any atom is -0.454 e. The number of rotatable bonds is 15. The molecular formula is C30H43N3O8S2. The Hall–Kier alpha value is -2.71. The van der Waals surface area contributed by atoms with Crippen molar-refractivity contribution in [3.8, 4) is 11.5 Å². The Kier molecular flexibility index (Phi) is 11.1. The summed E-state index contributed by atoms with van der Waals surface area (Å²) in [6.07, 6.45) is 0.637. The van der Waals surface area contributed by atoms with Crippen molar-refractivity contribution in [1.82, 2.24) is 14.9 Å². The molecule has 0 radical (unpaired) electrons. The highest BCUT2D eigenvalue weighted by molar-refractivity contribution is 7.91. The number of amides is 1. The van der Waals surface area contributed by atoms with Gasteiger partial charge in [-0.1, -0.05) is 51.1 Å². The minimum atomic E-state index is -4.06. The molecule has 0 saturated carbocycles. The van der Waals surface area contributed by atoms with Gasteiger partial charge >= 0.3 is 0 Å². The number of sulfone groups is 1. The van der Waals surface area contributed by atoms with Crippen LogP contribution in [0.1, 0.15) is 39.2 Å². The zero-order valence-corrected chi connectivity index (χ0v) is 26.6. The summed E-state index contributed by atoms with van der Waals surface area (Å²) in [5.74, 6) is -0.995. The molecule has 2 aromatic rings. The van der Waals surface area contributed by atoms with Crippen molar-refractivity contribution in [1.29, 1.82) is 0 Å². The molecule has 2 aliphatic heterocycles. The van der Waals surface area contributed by atoms with Crippen LogP contribution in [-0.2, 0) is 31.1 Å². The molecule has 13 heteroatoms. The molecule has 3 N–H and O–H groups in total. The van der Waals surface area contributed by atoms with Gasteiger partial charge in [0.05, 0.1) is 28.5 Å². The molecule has 2 aliphatic rings. The number of carbonyl (C=O) groups excluding carboxylic acids is 1. The molecule has 11 nitrogen and oxygen atoms in total. The van der Waals surface area contributed by atoms with E-state index in [0.717, 1.165) is 24.9 Å². The van der Waals surface area contributed by atoms with Gasteiger partial charge in [0.25, 0.3) is 0 Å². The van der Waals surface area contributed by atoms with E-state index in [0.29, 0.717) is 11.5 Å². The zero-order chi connectivity index (χ0) is 31.2. The zero-order valence-electron chi connectivity index (χ0n) is 24.9. The smallest absolute Gasteiger partial charge is 0.243 e. The molecule has 4 rings (SSSR count). The lowest BCUT2D eigenvalue weighted by Crippen LogP contribution is -2.52. The summed E-state index contributed by atoms with van der Waals surface area (Å²) in [7, 11) is -7.56. The second-order valence-corrected chi connectivity index (χ2v) is 16.0. The van der Waals surface area contributed by atoms with Crippen LogP contribution in [0.2, 0.25) is 0 Å². The van der Waals surface area contributed by atoms with Crippen molar-refractivity contribution in [2.75, 3.05) is 37.9 Å². The first kappa shape index (κ1) is 33.2. The first-order valence-electron chi connectivity index (χ1n) is 14.7. The molecule has 0 spiro atoms. The normalized spacial score (nSPS) is 19.0. The summed E-state index contributed by atoms with van der Waals surface area (Å²) in [6, 6.07) is 12.6. The number of hydrogen-bond donors (Lipinski definition) is 3. The standard InChI is InChI=1S/C30H43N3O8S2/c1-21(2)16-33(43(38,39)25-11-12-28-29(15-25)41-20-40-28)17-27(34)26(14-23-8-5-4-6-9-23)32-30(35)22(3)18-42(36,37)19-24-10-7-13-31-24/h4-6,8-9,11-12,15,21-22,24,26-27,31,34H,7,10,13-14,16-20H2,1-3H3,(H,32,35)/t22-,24-,26?,27-/m1/s1. The molecule has 238 valence electrons. The van der Waals surface area contributed by atoms with E-state index in [1.807, 2.05) is 44.2 Å². The molecule has 2 aromatic carbocycles. The monoisotopic (exact) mass is 637 g/mol. The number of carbonyl (C=O) groups is 1. The molecular weight excluding hydrogens is 594 g/mol. The van der Waals surface area contributed by atoms with E-state index < -0.39 is 43.8 Å². The molecule has 4 atom stereocenters. The van der Waals surface area contributed by atoms with Crippen molar-refractivity contribution in [2.24, 2.45) is 11.8 Å². The van der Waals surface area contributed by atoms with Crippen LogP contribution in [0, 0.1) is 11.8 Å². The number of hydrogen-bond acceptors (Lipinski definition) is 9. The third kappa shape index (κ3) is 9.15. The number of sulfonamides is 1. The van der Waals surface area contributed by atoms with Gasteiger partial charge in [-0.25, -0.2) is 16.8 Å². The van der Waals surface area contributed by atoms with E-state index in [1.54, 1.807) is 6.92 Å². The molecule has 1 saturated heterocycles. The fourth-order valence-electron chi connectivity index (χ4n) is 5.41. The van der Waals surface area contributed by atoms with Crippen molar-refractivity contribution in [3.05, 3.63) is 54.1 Å². The Morgan fingerprint density at radius 2 is 1.77 bits per heavy atom. The number of benzene rings is 2. The summed E-state index contributed by atoms with van der Waals surface area (Å²) in [4.78, 5) is 13.3. The van der Waals surface area contributed by atoms with Gasteiger partial charge < -0.3 is 25.2 Å². The first-order valence-corrected chi connectivity index (χ1v) is 18.0. The molecule has 0 aromatic heterocycles. The first-order chi connectivity index (χ1) is 20.3. The van der Waals surface area contributed by atoms with Gasteiger partial charge in [-0.3, -0.25) is 4.79 Å². The highest BCUT2D eigenvalue weighted by Gasteiger charge is 2.34. The maximum Gasteiger partial charge on any atom is 0.243 e. The quantitative estimate of drug-likeness (QED) is 0.266. The molecule has 1 unspecified atom stereocenters. The average molecular weight is 638 g/mol. The number of nitrogens with one attached hydrogen (secondary N) is 2. The number of aliphatic hydroxyl groups is 1. The highest BCUT2D eigenvalue weighted by atomic mass is 32.2. The van der Waals surface area contributed by atoms with Crippen molar-refractivity contribution in [3.63, 3.8) is 0 Å². The van der Waals surface area contributed by atoms with E-state index in [4.69, 9.17) is 9.47 Å². The van der Waals surface area contributed by atoms with Crippen molar-refractivity contribution in [2.45, 2.75) is 63.1 Å². The summed E-state index contributed by atoms with van der Waals surface area (Å²) >= 11 is 0. The SMILES string of the molecule is CC(C)CN(C[C@@H](O)C(Cc1ccccc1)NC(=O)[C@H](C)CS(=O)(=O)C[C@H]1CCCN1)S(=O)(=O)c1ccc2c(c1)OCO2. The topological polar surface area (TPSA) is 151 Å². The molecule has 0 aliphatic carbocycles. The van der Waals surface area contributed by atoms with E-state index in [9.17, 15) is 26.7 Å². The lowest BCUT2D eigenvalue weighted by Gasteiger charge is -2.31. The second-order valence-electron chi connectivity index (χ2n) is 11.9. The summed E-state index contributed by atoms with van der Waals surface area (Å²) in [5.41, 5.74) is 0.827. The van der Waals surface area contributed by atoms with E-state index >= 15 is 0 Å². The van der Waals surface area contributed by atoms with Crippen LogP contribution in [0.5, 0.6) is 11.5 Å². The van der Waals surface area contributed by atoms with Gasteiger partial charge in [-0.2, -0.15) is 4.31 Å². The predicted octanol–water partition coefficient (Wildman–Crippen LogP) is 1.95. The lowest BCUT2D eigenvalue weighted by molar-refractivity contribution is -0.125. The van der Waals surface area contributed by atoms with Gasteiger partial charge in [0, 0.05) is 31.1 Å². The number of nitrogens with zero attached hydrogens (tertiary/aromatic N) is 1. The van der Waals surface area contributed by atoms with Gasteiger partial charge in [-0.05, 0) is 49.4 Å². The highest BCUT2D eigenvalue weighted by Crippen LogP contribution is 2.35. The molecule has 1 amide bonds. The fraction of sp³-hybridized carbons (Fsp3) is 0.567. The lowest BCUT2D eigenvalue weighted by atomic mass is 10.00. The van der Waals surface area contributed by atoms with Gasteiger partial charge in [0.15, 0.2) is 21.3 Å². The van der Waals surface area contributed by atoms with Crippen LogP contribution in [0.3, 0.4) is 0 Å². The van der Waals surface area contributed by atoms with Gasteiger partial charge in [0.2, 0.25) is 22.7 Å². The third-order valence-corrected chi connectivity index (χ3v) is 11.3. The van der Waals surface area contributed by atoms with E-state index in [-0.39, 0.29) is 54.7 Å². The van der Waals surface area contributed by atoms with Crippen LogP contribution < -0.4 is 20.1 Å². The largest absolute Gasteiger partial charge is 0.454 e. The maximum absolute atomic E-state index is 13.8. The van der Waals surface area contributed by atoms with E-state index in [2.05, 4.69) is 10.6 Å². The summed E-state index contributed by atoms with van der Waals surface area (Å²) in [5, 5.41) is 17.5. The number of fused-ring (bicyclic) bond motifs is 1. The average Bonchev–Trinajstić information content (AvgIpc) is 3.63. The summed E-state index contributed by atoms with van der Waals surface area (Å²) < 4.78 is 65.1. The van der Waals surface area contributed by atoms with Crippen molar-refractivity contribution < 1.29 is 36.2 Å². The Bertz CT molecular complexity index is 1450. The van der Waals surface area contributed by atoms with Crippen molar-refractivity contribution >= 4 is 25.8 Å². The third-order valence-electron chi connectivity index (χ3n) is 7.60. The van der Waals surface area contributed by atoms with Gasteiger partial charge in [-0.15, -0.1) is 0 Å². The van der Waals surface area contributed by atoms with Crippen LogP contribution in [-0.4, -0.2) is 88.3 Å². The molecule has 43 heavy (non-hydrogen) atoms. The Balaban J connectivity index is 1.52. The molecule has 2 heterocycles. The summed E-state index contributed by atoms with van der Waals surface area (Å²) in [6.45, 7) is 5.94. The van der Waals surface area contributed by atoms with Crippen LogP contribution >= 0.6 is 0 Å². The van der Waals surface area contributed by atoms with Crippen LogP contribution in [0.4, 0.5) is 0 Å². The van der Waals surface area contributed by atoms with Crippen LogP contribution in [0.15, 0.2) is 53.4 Å². The second kappa shape index (κ2) is 14.4. The Labute approximate surface area is 254 Å². The molecule has 0 bridgehead atoms. The minimum absolute atomic E-state index is 0.00354. The Morgan fingerprint density at radius 1 is 1.05 bits per heavy atom. The van der Waals surface area contributed by atoms with Gasteiger partial charge in [0.1, 0.15) is 0 Å². The van der Waals surface area contributed by atoms with Crippen LogP contribution in [0.25, 0.3) is 0 Å². The molecule has 1 fully saturated rings. The fourth-order valence-corrected chi connectivity index (χ4v) is 8.99. The predicted molar refractivity (Wildman–Crippen MR) is 163 cm³/mol.